The smallest absolute Gasteiger partial charge is 0.338 e. The lowest BCUT2D eigenvalue weighted by atomic mass is 9.92. The molecule has 0 spiro atoms. The number of ether oxygens (including phenoxy) is 1. The standard InChI is InChI=1S/C24H28N6O3/c1-17(19-3-5-21(6-4-19)30-16-25-26-27-30)23(31)29-12-10-28(11-13-29)9-8-18-2-7-22-20(14-18)15-33-24(22)32/h2-5,7,14,16-17,21H,6,8-13,15H2,1H3. The molecule has 1 aromatic carbocycles. The van der Waals surface area contributed by atoms with Crippen molar-refractivity contribution in [2.75, 3.05) is 32.7 Å². The van der Waals surface area contributed by atoms with Crippen LogP contribution in [-0.4, -0.2) is 74.6 Å². The van der Waals surface area contributed by atoms with Gasteiger partial charge in [-0.15, -0.1) is 5.10 Å². The molecule has 1 amide bonds. The van der Waals surface area contributed by atoms with E-state index in [1.165, 1.54) is 5.56 Å². The predicted molar refractivity (Wildman–Crippen MR) is 120 cm³/mol. The lowest BCUT2D eigenvalue weighted by Crippen LogP contribution is -2.50. The summed E-state index contributed by atoms with van der Waals surface area (Å²) in [5, 5.41) is 11.3. The SMILES string of the molecule is CC(C(=O)N1CCN(CCc2ccc3c(c2)COC3=O)CC1)C1=CCC(n2cnnn2)C=C1. The van der Waals surface area contributed by atoms with Crippen molar-refractivity contribution in [2.45, 2.75) is 32.4 Å². The summed E-state index contributed by atoms with van der Waals surface area (Å²) in [5.74, 6) is -0.188. The van der Waals surface area contributed by atoms with Crippen molar-refractivity contribution in [2.24, 2.45) is 5.92 Å². The molecule has 0 N–H and O–H groups in total. The number of hydrogen-bond acceptors (Lipinski definition) is 7. The summed E-state index contributed by atoms with van der Waals surface area (Å²) in [6, 6.07) is 6.07. The van der Waals surface area contributed by atoms with Crippen LogP contribution in [0.2, 0.25) is 0 Å². The number of nitrogens with zero attached hydrogens (tertiary/aromatic N) is 6. The Balaban J connectivity index is 1.09. The average molecular weight is 449 g/mol. The zero-order valence-electron chi connectivity index (χ0n) is 18.8. The molecule has 0 radical (unpaired) electrons. The van der Waals surface area contributed by atoms with Crippen molar-refractivity contribution >= 4 is 11.9 Å². The lowest BCUT2D eigenvalue weighted by molar-refractivity contribution is -0.135. The van der Waals surface area contributed by atoms with Gasteiger partial charge in [0, 0.05) is 38.3 Å². The number of rotatable bonds is 6. The summed E-state index contributed by atoms with van der Waals surface area (Å²) in [6.07, 6.45) is 9.54. The van der Waals surface area contributed by atoms with Crippen LogP contribution in [0.25, 0.3) is 0 Å². The van der Waals surface area contributed by atoms with Crippen LogP contribution in [0.15, 0.2) is 48.3 Å². The van der Waals surface area contributed by atoms with E-state index in [-0.39, 0.29) is 23.8 Å². The molecular weight excluding hydrogens is 420 g/mol. The van der Waals surface area contributed by atoms with Crippen molar-refractivity contribution in [1.29, 1.82) is 0 Å². The monoisotopic (exact) mass is 448 g/mol. The van der Waals surface area contributed by atoms with E-state index in [2.05, 4.69) is 38.6 Å². The molecular formula is C24H28N6O3. The first-order chi connectivity index (χ1) is 16.1. The minimum absolute atomic E-state index is 0.105. The number of hydrogen-bond donors (Lipinski definition) is 0. The molecule has 172 valence electrons. The van der Waals surface area contributed by atoms with E-state index in [9.17, 15) is 9.59 Å². The number of carbonyl (C=O) groups is 2. The zero-order valence-corrected chi connectivity index (χ0v) is 18.8. The van der Waals surface area contributed by atoms with Crippen LogP contribution in [0.4, 0.5) is 0 Å². The molecule has 2 atom stereocenters. The van der Waals surface area contributed by atoms with Gasteiger partial charge >= 0.3 is 5.97 Å². The predicted octanol–water partition coefficient (Wildman–Crippen LogP) is 1.79. The summed E-state index contributed by atoms with van der Waals surface area (Å²) in [6.45, 7) is 6.56. The number of tetrazole rings is 1. The first-order valence-corrected chi connectivity index (χ1v) is 11.5. The topological polar surface area (TPSA) is 93.5 Å². The van der Waals surface area contributed by atoms with Gasteiger partial charge in [-0.25, -0.2) is 9.48 Å². The molecule has 2 aliphatic heterocycles. The molecule has 1 fully saturated rings. The van der Waals surface area contributed by atoms with Crippen molar-refractivity contribution in [3.05, 3.63) is 65.0 Å². The first kappa shape index (κ1) is 21.5. The van der Waals surface area contributed by atoms with E-state index in [4.69, 9.17) is 4.74 Å². The van der Waals surface area contributed by atoms with E-state index in [1.807, 2.05) is 30.0 Å². The van der Waals surface area contributed by atoms with Crippen molar-refractivity contribution in [3.63, 3.8) is 0 Å². The Hall–Kier alpha value is -3.33. The average Bonchev–Trinajstić information content (AvgIpc) is 3.53. The molecule has 9 heteroatoms. The Morgan fingerprint density at radius 2 is 2.09 bits per heavy atom. The summed E-state index contributed by atoms with van der Waals surface area (Å²) in [4.78, 5) is 29.1. The Bertz CT molecular complexity index is 1090. The summed E-state index contributed by atoms with van der Waals surface area (Å²) in [7, 11) is 0. The quantitative estimate of drug-likeness (QED) is 0.622. The Kier molecular flexibility index (Phi) is 6.04. The molecule has 33 heavy (non-hydrogen) atoms. The molecule has 2 unspecified atom stereocenters. The van der Waals surface area contributed by atoms with Gasteiger partial charge in [-0.2, -0.15) is 0 Å². The van der Waals surface area contributed by atoms with Crippen LogP contribution in [0.5, 0.6) is 0 Å². The third-order valence-electron chi connectivity index (χ3n) is 6.83. The van der Waals surface area contributed by atoms with Gasteiger partial charge in [0.15, 0.2) is 0 Å². The van der Waals surface area contributed by atoms with Gasteiger partial charge in [-0.3, -0.25) is 9.69 Å². The molecule has 9 nitrogen and oxygen atoms in total. The first-order valence-electron chi connectivity index (χ1n) is 11.5. The third kappa shape index (κ3) is 4.59. The maximum atomic E-state index is 13.1. The summed E-state index contributed by atoms with van der Waals surface area (Å²) < 4.78 is 6.82. The van der Waals surface area contributed by atoms with Crippen molar-refractivity contribution in [1.82, 2.24) is 30.0 Å². The number of fused-ring (bicyclic) bond motifs is 1. The number of aromatic nitrogens is 4. The van der Waals surface area contributed by atoms with Gasteiger partial charge in [0.2, 0.25) is 5.91 Å². The molecule has 3 heterocycles. The maximum absolute atomic E-state index is 13.1. The minimum atomic E-state index is -0.224. The number of benzene rings is 1. The highest BCUT2D eigenvalue weighted by atomic mass is 16.5. The zero-order chi connectivity index (χ0) is 22.8. The number of carbonyl (C=O) groups excluding carboxylic acids is 2. The van der Waals surface area contributed by atoms with E-state index in [1.54, 1.807) is 11.0 Å². The number of allylic oxidation sites excluding steroid dienone is 3. The second kappa shape index (κ2) is 9.27. The molecule has 1 saturated heterocycles. The number of cyclic esters (lactones) is 1. The fourth-order valence-electron chi connectivity index (χ4n) is 4.70. The second-order valence-corrected chi connectivity index (χ2v) is 8.86. The van der Waals surface area contributed by atoms with Gasteiger partial charge in [-0.1, -0.05) is 30.4 Å². The van der Waals surface area contributed by atoms with Crippen LogP contribution < -0.4 is 0 Å². The summed E-state index contributed by atoms with van der Waals surface area (Å²) >= 11 is 0. The van der Waals surface area contributed by atoms with E-state index >= 15 is 0 Å². The number of esters is 1. The van der Waals surface area contributed by atoms with Crippen LogP contribution in [-0.2, 0) is 22.6 Å². The van der Waals surface area contributed by atoms with Crippen LogP contribution >= 0.6 is 0 Å². The van der Waals surface area contributed by atoms with Gasteiger partial charge in [-0.05, 0) is 47.4 Å². The van der Waals surface area contributed by atoms with Crippen LogP contribution in [0, 0.1) is 5.92 Å². The van der Waals surface area contributed by atoms with E-state index < -0.39 is 0 Å². The normalized spacial score (nSPS) is 21.5. The highest BCUT2D eigenvalue weighted by molar-refractivity contribution is 5.93. The lowest BCUT2D eigenvalue weighted by Gasteiger charge is -2.36. The van der Waals surface area contributed by atoms with Gasteiger partial charge < -0.3 is 9.64 Å². The summed E-state index contributed by atoms with van der Waals surface area (Å²) in [5.41, 5.74) is 3.95. The maximum Gasteiger partial charge on any atom is 0.338 e. The van der Waals surface area contributed by atoms with Crippen LogP contribution in [0.1, 0.15) is 40.9 Å². The number of piperazine rings is 1. The third-order valence-corrected chi connectivity index (χ3v) is 6.83. The highest BCUT2D eigenvalue weighted by Crippen LogP contribution is 2.26. The fourth-order valence-corrected chi connectivity index (χ4v) is 4.70. The van der Waals surface area contributed by atoms with Crippen LogP contribution in [0.3, 0.4) is 0 Å². The molecule has 0 bridgehead atoms. The van der Waals surface area contributed by atoms with Crippen molar-refractivity contribution < 1.29 is 14.3 Å². The molecule has 1 aliphatic carbocycles. The van der Waals surface area contributed by atoms with E-state index in [0.717, 1.165) is 56.7 Å². The van der Waals surface area contributed by atoms with Gasteiger partial charge in [0.25, 0.3) is 0 Å². The Morgan fingerprint density at radius 3 is 2.82 bits per heavy atom. The molecule has 5 rings (SSSR count). The molecule has 0 saturated carbocycles. The molecule has 2 aromatic rings. The molecule has 3 aliphatic rings. The minimum Gasteiger partial charge on any atom is -0.457 e. The van der Waals surface area contributed by atoms with E-state index in [0.29, 0.717) is 12.2 Å². The fraction of sp³-hybridized carbons (Fsp3) is 0.458. The Morgan fingerprint density at radius 1 is 1.24 bits per heavy atom. The van der Waals surface area contributed by atoms with Crippen molar-refractivity contribution in [3.8, 4) is 0 Å². The molecule has 1 aromatic heterocycles. The highest BCUT2D eigenvalue weighted by Gasteiger charge is 2.27. The second-order valence-electron chi connectivity index (χ2n) is 8.86. The number of amides is 1. The van der Waals surface area contributed by atoms with Gasteiger partial charge in [0.1, 0.15) is 12.9 Å². The van der Waals surface area contributed by atoms with Gasteiger partial charge in [0.05, 0.1) is 17.5 Å². The Labute approximate surface area is 192 Å². The largest absolute Gasteiger partial charge is 0.457 e.